The molecule has 1 atom stereocenters. The average Bonchev–Trinajstić information content (AvgIpc) is 2.86. The molecule has 0 aromatic carbocycles. The van der Waals surface area contributed by atoms with Crippen LogP contribution in [0.25, 0.3) is 0 Å². The van der Waals surface area contributed by atoms with Gasteiger partial charge in [0.25, 0.3) is 0 Å². The Morgan fingerprint density at radius 2 is 2.57 bits per heavy atom. The van der Waals surface area contributed by atoms with Crippen molar-refractivity contribution in [1.82, 2.24) is 14.9 Å². The van der Waals surface area contributed by atoms with Gasteiger partial charge >= 0.3 is 0 Å². The third-order valence-electron chi connectivity index (χ3n) is 2.10. The number of hydrogen-bond acceptors (Lipinski definition) is 5. The minimum absolute atomic E-state index is 0.214. The molecular weight excluding hydrogens is 198 g/mol. The highest BCUT2D eigenvalue weighted by atomic mass is 32.1. The van der Waals surface area contributed by atoms with Crippen molar-refractivity contribution in [3.05, 3.63) is 35.2 Å². The average molecular weight is 209 g/mol. The number of rotatable bonds is 4. The molecular formula is C9H11N3OS. The molecule has 0 saturated heterocycles. The Balaban J connectivity index is 2.08. The van der Waals surface area contributed by atoms with Crippen LogP contribution in [0, 0.1) is 0 Å². The first-order valence-corrected chi connectivity index (χ1v) is 5.19. The van der Waals surface area contributed by atoms with Gasteiger partial charge in [-0.1, -0.05) is 4.49 Å². The summed E-state index contributed by atoms with van der Waals surface area (Å²) in [7, 11) is 1.92. The monoisotopic (exact) mass is 209 g/mol. The van der Waals surface area contributed by atoms with Gasteiger partial charge < -0.3 is 9.73 Å². The second kappa shape index (κ2) is 4.34. The van der Waals surface area contributed by atoms with Gasteiger partial charge in [-0.3, -0.25) is 0 Å². The molecule has 14 heavy (non-hydrogen) atoms. The molecule has 0 radical (unpaired) electrons. The lowest BCUT2D eigenvalue weighted by Gasteiger charge is -2.11. The molecule has 2 heterocycles. The van der Waals surface area contributed by atoms with Crippen LogP contribution in [0.3, 0.4) is 0 Å². The molecule has 2 aromatic rings. The fourth-order valence-electron chi connectivity index (χ4n) is 1.32. The molecule has 2 rings (SSSR count). The van der Waals surface area contributed by atoms with Gasteiger partial charge in [0, 0.05) is 5.38 Å². The van der Waals surface area contributed by atoms with Gasteiger partial charge in [0.2, 0.25) is 0 Å². The van der Waals surface area contributed by atoms with Crippen molar-refractivity contribution in [2.24, 2.45) is 0 Å². The summed E-state index contributed by atoms with van der Waals surface area (Å²) in [6.07, 6.45) is 4.31. The molecule has 0 aliphatic rings. The molecule has 0 aliphatic carbocycles. The van der Waals surface area contributed by atoms with Gasteiger partial charge in [-0.15, -0.1) is 5.10 Å². The zero-order chi connectivity index (χ0) is 9.80. The largest absolute Gasteiger partial charge is 0.472 e. The maximum absolute atomic E-state index is 5.02. The molecule has 0 spiro atoms. The van der Waals surface area contributed by atoms with E-state index < -0.39 is 0 Å². The van der Waals surface area contributed by atoms with E-state index in [2.05, 4.69) is 14.9 Å². The van der Waals surface area contributed by atoms with Crippen molar-refractivity contribution >= 4 is 11.5 Å². The van der Waals surface area contributed by atoms with Crippen molar-refractivity contribution in [2.45, 2.75) is 12.5 Å². The summed E-state index contributed by atoms with van der Waals surface area (Å²) >= 11 is 1.37. The van der Waals surface area contributed by atoms with Crippen LogP contribution >= 0.6 is 11.5 Å². The van der Waals surface area contributed by atoms with Gasteiger partial charge in [-0.05, 0) is 36.6 Å². The van der Waals surface area contributed by atoms with Crippen LogP contribution in [0.15, 0.2) is 28.4 Å². The van der Waals surface area contributed by atoms with Crippen LogP contribution in [0.4, 0.5) is 0 Å². The third-order valence-corrected chi connectivity index (χ3v) is 2.63. The Kier molecular flexibility index (Phi) is 2.90. The second-order valence-corrected chi connectivity index (χ2v) is 3.62. The van der Waals surface area contributed by atoms with Gasteiger partial charge in [-0.25, -0.2) is 0 Å². The smallest absolute Gasteiger partial charge is 0.0935 e. The minimum atomic E-state index is 0.214. The van der Waals surface area contributed by atoms with E-state index in [-0.39, 0.29) is 6.04 Å². The summed E-state index contributed by atoms with van der Waals surface area (Å²) in [5.74, 6) is 0. The maximum Gasteiger partial charge on any atom is 0.0935 e. The SMILES string of the molecule is CNC(Cc1ccoc1)c1csnn1. The predicted octanol–water partition coefficient (Wildman–Crippen LogP) is 1.63. The topological polar surface area (TPSA) is 51.0 Å². The Labute approximate surface area is 86.1 Å². The van der Waals surface area contributed by atoms with Crippen molar-refractivity contribution < 1.29 is 4.42 Å². The van der Waals surface area contributed by atoms with E-state index in [1.807, 2.05) is 18.5 Å². The molecule has 0 saturated carbocycles. The first kappa shape index (κ1) is 9.36. The van der Waals surface area contributed by atoms with E-state index in [4.69, 9.17) is 4.42 Å². The number of hydrogen-bond donors (Lipinski definition) is 1. The summed E-state index contributed by atoms with van der Waals surface area (Å²) in [6.45, 7) is 0. The number of likely N-dealkylation sites (N-methyl/N-ethyl adjacent to an activating group) is 1. The summed E-state index contributed by atoms with van der Waals surface area (Å²) in [5.41, 5.74) is 2.15. The maximum atomic E-state index is 5.02. The summed E-state index contributed by atoms with van der Waals surface area (Å²) in [6, 6.07) is 2.18. The van der Waals surface area contributed by atoms with Crippen molar-refractivity contribution in [3.63, 3.8) is 0 Å². The molecule has 0 bridgehead atoms. The first-order valence-electron chi connectivity index (χ1n) is 4.35. The lowest BCUT2D eigenvalue weighted by atomic mass is 10.1. The molecule has 1 unspecified atom stereocenters. The van der Waals surface area contributed by atoms with E-state index in [1.54, 1.807) is 12.5 Å². The number of aromatic nitrogens is 2. The minimum Gasteiger partial charge on any atom is -0.472 e. The zero-order valence-corrected chi connectivity index (χ0v) is 8.62. The highest BCUT2D eigenvalue weighted by Crippen LogP contribution is 2.16. The van der Waals surface area contributed by atoms with Crippen LogP contribution in [0.1, 0.15) is 17.3 Å². The number of nitrogens with zero attached hydrogens (tertiary/aromatic N) is 2. The van der Waals surface area contributed by atoms with Crippen LogP contribution in [0.2, 0.25) is 0 Å². The molecule has 74 valence electrons. The van der Waals surface area contributed by atoms with Crippen molar-refractivity contribution in [2.75, 3.05) is 7.05 Å². The van der Waals surface area contributed by atoms with E-state index in [0.29, 0.717) is 0 Å². The molecule has 0 fully saturated rings. The lowest BCUT2D eigenvalue weighted by molar-refractivity contribution is 0.546. The summed E-state index contributed by atoms with van der Waals surface area (Å²) < 4.78 is 8.86. The van der Waals surface area contributed by atoms with E-state index in [0.717, 1.165) is 17.7 Å². The molecule has 5 heteroatoms. The van der Waals surface area contributed by atoms with E-state index >= 15 is 0 Å². The van der Waals surface area contributed by atoms with Crippen LogP contribution in [0.5, 0.6) is 0 Å². The zero-order valence-electron chi connectivity index (χ0n) is 7.80. The Morgan fingerprint density at radius 3 is 3.14 bits per heavy atom. The van der Waals surface area contributed by atoms with Crippen molar-refractivity contribution in [3.8, 4) is 0 Å². The molecule has 1 N–H and O–H groups in total. The van der Waals surface area contributed by atoms with Gasteiger partial charge in [0.05, 0.1) is 24.3 Å². The molecule has 2 aromatic heterocycles. The van der Waals surface area contributed by atoms with Crippen LogP contribution in [-0.2, 0) is 6.42 Å². The highest BCUT2D eigenvalue weighted by Gasteiger charge is 2.13. The Bertz CT molecular complexity index is 357. The number of furan rings is 1. The third kappa shape index (κ3) is 2.00. The second-order valence-electron chi connectivity index (χ2n) is 3.01. The van der Waals surface area contributed by atoms with E-state index in [9.17, 15) is 0 Å². The summed E-state index contributed by atoms with van der Waals surface area (Å²) in [4.78, 5) is 0. The first-order chi connectivity index (χ1) is 6.90. The van der Waals surface area contributed by atoms with Crippen LogP contribution < -0.4 is 5.32 Å². The lowest BCUT2D eigenvalue weighted by Crippen LogP contribution is -2.18. The standard InChI is InChI=1S/C9H11N3OS/c1-10-8(9-6-14-12-11-9)4-7-2-3-13-5-7/h2-3,5-6,8,10H,4H2,1H3. The van der Waals surface area contributed by atoms with E-state index in [1.165, 1.54) is 11.5 Å². The quantitative estimate of drug-likeness (QED) is 0.831. The Hall–Kier alpha value is -1.20. The highest BCUT2D eigenvalue weighted by molar-refractivity contribution is 7.03. The number of nitrogens with one attached hydrogen (secondary N) is 1. The van der Waals surface area contributed by atoms with Crippen LogP contribution in [-0.4, -0.2) is 16.6 Å². The van der Waals surface area contributed by atoms with Gasteiger partial charge in [0.1, 0.15) is 0 Å². The Morgan fingerprint density at radius 1 is 1.64 bits per heavy atom. The van der Waals surface area contributed by atoms with Gasteiger partial charge in [-0.2, -0.15) is 0 Å². The molecule has 4 nitrogen and oxygen atoms in total. The predicted molar refractivity (Wildman–Crippen MR) is 54.1 cm³/mol. The molecule has 0 aliphatic heterocycles. The summed E-state index contributed by atoms with van der Waals surface area (Å²) in [5, 5.41) is 9.21. The fraction of sp³-hybridized carbons (Fsp3) is 0.333. The molecule has 0 amide bonds. The van der Waals surface area contributed by atoms with Crippen molar-refractivity contribution in [1.29, 1.82) is 0 Å². The normalized spacial score (nSPS) is 12.9. The van der Waals surface area contributed by atoms with Gasteiger partial charge in [0.15, 0.2) is 0 Å². The fourth-order valence-corrected chi connectivity index (χ4v) is 1.83.